The zero-order valence-electron chi connectivity index (χ0n) is 9.17. The van der Waals surface area contributed by atoms with Crippen LogP contribution in [0.2, 0.25) is 0 Å². The maximum atomic E-state index is 2.21. The van der Waals surface area contributed by atoms with Gasteiger partial charge >= 0.3 is 0 Å². The minimum Gasteiger partial charge on any atom is -0.147 e. The normalized spacial score (nSPS) is 9.31. The number of benzene rings is 2. The highest BCUT2D eigenvalue weighted by atomic mass is 35.5. The summed E-state index contributed by atoms with van der Waals surface area (Å²) < 4.78 is 0. The molecule has 3 heteroatoms. The SMILES string of the molecule is Cl.Cl.[SiH3]C(c1ccccc1)c1ccccc1. The Morgan fingerprint density at radius 2 is 0.938 bits per heavy atom. The third-order valence-corrected chi connectivity index (χ3v) is 3.93. The van der Waals surface area contributed by atoms with Crippen LogP contribution in [0.1, 0.15) is 16.7 Å². The van der Waals surface area contributed by atoms with Gasteiger partial charge in [-0.1, -0.05) is 60.7 Å². The van der Waals surface area contributed by atoms with Crippen LogP contribution >= 0.6 is 24.8 Å². The summed E-state index contributed by atoms with van der Waals surface area (Å²) in [6, 6.07) is 21.5. The molecule has 0 radical (unpaired) electrons. The van der Waals surface area contributed by atoms with Crippen LogP contribution in [0.3, 0.4) is 0 Å². The maximum Gasteiger partial charge on any atom is 0.0178 e. The molecule has 0 bridgehead atoms. The van der Waals surface area contributed by atoms with Gasteiger partial charge in [-0.3, -0.25) is 0 Å². The lowest BCUT2D eigenvalue weighted by molar-refractivity contribution is 1.14. The van der Waals surface area contributed by atoms with E-state index in [4.69, 9.17) is 0 Å². The lowest BCUT2D eigenvalue weighted by atomic mass is 10.0. The lowest BCUT2D eigenvalue weighted by Gasteiger charge is -2.11. The third-order valence-electron chi connectivity index (χ3n) is 2.60. The zero-order valence-corrected chi connectivity index (χ0v) is 12.8. The molecule has 0 aromatic heterocycles. The molecule has 0 saturated heterocycles. The Hall–Kier alpha value is -0.763. The van der Waals surface area contributed by atoms with Crippen LogP contribution in [0.4, 0.5) is 0 Å². The highest BCUT2D eigenvalue weighted by molar-refractivity contribution is 6.14. The topological polar surface area (TPSA) is 0 Å². The van der Waals surface area contributed by atoms with Crippen LogP contribution in [-0.2, 0) is 0 Å². The Morgan fingerprint density at radius 3 is 1.25 bits per heavy atom. The van der Waals surface area contributed by atoms with Gasteiger partial charge in [-0.15, -0.1) is 24.8 Å². The van der Waals surface area contributed by atoms with Crippen molar-refractivity contribution in [2.75, 3.05) is 0 Å². The van der Waals surface area contributed by atoms with Gasteiger partial charge in [-0.2, -0.15) is 0 Å². The van der Waals surface area contributed by atoms with E-state index in [0.717, 1.165) is 10.2 Å². The van der Waals surface area contributed by atoms with Crippen LogP contribution in [0.25, 0.3) is 0 Å². The molecule has 0 amide bonds. The molecular formula is C13H16Cl2Si. The van der Waals surface area contributed by atoms with Gasteiger partial charge in [0.25, 0.3) is 0 Å². The molecule has 0 heterocycles. The molecular weight excluding hydrogens is 255 g/mol. The van der Waals surface area contributed by atoms with Crippen LogP contribution in [-0.4, -0.2) is 10.2 Å². The van der Waals surface area contributed by atoms with Gasteiger partial charge in [0.2, 0.25) is 0 Å². The predicted octanol–water partition coefficient (Wildman–Crippen LogP) is 2.99. The van der Waals surface area contributed by atoms with Crippen LogP contribution in [0.5, 0.6) is 0 Å². The number of rotatable bonds is 2. The van der Waals surface area contributed by atoms with Crippen molar-refractivity contribution >= 4 is 35.1 Å². The fourth-order valence-electron chi connectivity index (χ4n) is 1.68. The predicted molar refractivity (Wildman–Crippen MR) is 79.2 cm³/mol. The van der Waals surface area contributed by atoms with Gasteiger partial charge in [-0.25, -0.2) is 0 Å². The maximum absolute atomic E-state index is 2.21. The molecule has 16 heavy (non-hydrogen) atoms. The van der Waals surface area contributed by atoms with E-state index in [1.54, 1.807) is 0 Å². The molecule has 2 aromatic rings. The lowest BCUT2D eigenvalue weighted by Crippen LogP contribution is -1.99. The average molecular weight is 271 g/mol. The Kier molecular flexibility index (Phi) is 7.14. The highest BCUT2D eigenvalue weighted by Crippen LogP contribution is 2.20. The van der Waals surface area contributed by atoms with E-state index in [2.05, 4.69) is 60.7 Å². The molecule has 0 aliphatic rings. The number of hydrogen-bond donors (Lipinski definition) is 0. The smallest absolute Gasteiger partial charge is 0.0178 e. The Morgan fingerprint density at radius 1 is 0.625 bits per heavy atom. The van der Waals surface area contributed by atoms with Crippen molar-refractivity contribution in [3.63, 3.8) is 0 Å². The fourth-order valence-corrected chi connectivity index (χ4v) is 2.45. The van der Waals surface area contributed by atoms with Crippen molar-refractivity contribution in [3.05, 3.63) is 71.8 Å². The first kappa shape index (κ1) is 15.2. The quantitative estimate of drug-likeness (QED) is 0.737. The van der Waals surface area contributed by atoms with Crippen LogP contribution in [0.15, 0.2) is 60.7 Å². The monoisotopic (exact) mass is 270 g/mol. The van der Waals surface area contributed by atoms with Crippen molar-refractivity contribution in [1.82, 2.24) is 0 Å². The first-order chi connectivity index (χ1) is 6.88. The molecule has 2 aromatic carbocycles. The minimum atomic E-state index is 0. The Labute approximate surface area is 112 Å². The van der Waals surface area contributed by atoms with Crippen molar-refractivity contribution < 1.29 is 0 Å². The molecule has 0 aliphatic carbocycles. The third kappa shape index (κ3) is 3.67. The summed E-state index contributed by atoms with van der Waals surface area (Å²) in [5.41, 5.74) is 3.49. The van der Waals surface area contributed by atoms with E-state index in [-0.39, 0.29) is 24.8 Å². The van der Waals surface area contributed by atoms with Crippen molar-refractivity contribution in [3.8, 4) is 0 Å². The second-order valence-corrected chi connectivity index (χ2v) is 4.70. The van der Waals surface area contributed by atoms with Gasteiger partial charge in [0.15, 0.2) is 0 Å². The van der Waals surface area contributed by atoms with E-state index >= 15 is 0 Å². The van der Waals surface area contributed by atoms with E-state index in [9.17, 15) is 0 Å². The number of halogens is 2. The molecule has 0 atom stereocenters. The molecule has 0 fully saturated rings. The molecule has 86 valence electrons. The summed E-state index contributed by atoms with van der Waals surface area (Å²) in [4.78, 5) is 0. The minimum absolute atomic E-state index is 0. The largest absolute Gasteiger partial charge is 0.147 e. The van der Waals surface area contributed by atoms with Crippen LogP contribution in [0, 0.1) is 0 Å². The summed E-state index contributed by atoms with van der Waals surface area (Å²) in [5.74, 6) is 0. The van der Waals surface area contributed by atoms with Crippen LogP contribution < -0.4 is 0 Å². The van der Waals surface area contributed by atoms with Crippen molar-refractivity contribution in [2.45, 2.75) is 5.54 Å². The van der Waals surface area contributed by atoms with Gasteiger partial charge in [0.05, 0.1) is 0 Å². The summed E-state index contributed by atoms with van der Waals surface area (Å²) in [6.07, 6.45) is 0. The standard InChI is InChI=1S/C13H14Si.2ClH/c14-13(11-7-3-1-4-8-11)12-9-5-2-6-10-12;;/h1-10,13H,14H3;2*1H. The van der Waals surface area contributed by atoms with Gasteiger partial charge < -0.3 is 0 Å². The van der Waals surface area contributed by atoms with E-state index < -0.39 is 0 Å². The van der Waals surface area contributed by atoms with E-state index in [1.165, 1.54) is 11.1 Å². The Balaban J connectivity index is 0.00000112. The molecule has 0 spiro atoms. The molecule has 0 unspecified atom stereocenters. The molecule has 0 nitrogen and oxygen atoms in total. The summed E-state index contributed by atoms with van der Waals surface area (Å²) in [6.45, 7) is 0. The average Bonchev–Trinajstić information content (AvgIpc) is 2.30. The zero-order chi connectivity index (χ0) is 9.80. The first-order valence-corrected chi connectivity index (χ1v) is 6.13. The molecule has 0 saturated carbocycles. The molecule has 2 rings (SSSR count). The Bertz CT molecular complexity index is 350. The van der Waals surface area contributed by atoms with E-state index in [0.29, 0.717) is 5.54 Å². The van der Waals surface area contributed by atoms with Gasteiger partial charge in [-0.05, 0) is 16.7 Å². The van der Waals surface area contributed by atoms with Crippen molar-refractivity contribution in [2.24, 2.45) is 0 Å². The molecule has 0 N–H and O–H groups in total. The van der Waals surface area contributed by atoms with E-state index in [1.807, 2.05) is 0 Å². The highest BCUT2D eigenvalue weighted by Gasteiger charge is 2.05. The summed E-state index contributed by atoms with van der Waals surface area (Å²) in [7, 11) is 1.16. The summed E-state index contributed by atoms with van der Waals surface area (Å²) in [5, 5.41) is 0. The second-order valence-electron chi connectivity index (χ2n) is 3.54. The second kappa shape index (κ2) is 7.50. The fraction of sp³-hybridized carbons (Fsp3) is 0.0769. The number of hydrogen-bond acceptors (Lipinski definition) is 0. The molecule has 0 aliphatic heterocycles. The summed E-state index contributed by atoms with van der Waals surface area (Å²) >= 11 is 0. The van der Waals surface area contributed by atoms with Crippen molar-refractivity contribution in [1.29, 1.82) is 0 Å². The van der Waals surface area contributed by atoms with Gasteiger partial charge in [0, 0.05) is 10.2 Å². The first-order valence-electron chi connectivity index (χ1n) is 4.98. The van der Waals surface area contributed by atoms with Gasteiger partial charge in [0.1, 0.15) is 0 Å².